The molecule has 2 aliphatic rings. The van der Waals surface area contributed by atoms with Crippen molar-refractivity contribution in [3.05, 3.63) is 35.4 Å². The molecule has 0 atom stereocenters. The molecule has 1 aromatic rings. The fourth-order valence-corrected chi connectivity index (χ4v) is 4.84. The maximum atomic E-state index is 12.0. The summed E-state index contributed by atoms with van der Waals surface area (Å²) in [6.45, 7) is 0.612. The number of ether oxygens (including phenoxy) is 2. The molecule has 4 heteroatoms. The normalized spacial score (nSPS) is 15.1. The van der Waals surface area contributed by atoms with Crippen molar-refractivity contribution in [2.45, 2.75) is 142 Å². The van der Waals surface area contributed by atoms with Crippen LogP contribution in [-0.4, -0.2) is 11.9 Å². The molecule has 0 spiro atoms. The van der Waals surface area contributed by atoms with Crippen LogP contribution in [0.1, 0.15) is 140 Å². The first kappa shape index (κ1) is 28.7. The van der Waals surface area contributed by atoms with Gasteiger partial charge in [0.2, 0.25) is 0 Å². The van der Waals surface area contributed by atoms with Gasteiger partial charge in [0, 0.05) is 12.8 Å². The Morgan fingerprint density at radius 3 is 1.22 bits per heavy atom. The van der Waals surface area contributed by atoms with Crippen LogP contribution in [0.5, 0.6) is 0 Å². The molecule has 0 aromatic heterocycles. The standard InChI is InChI=1S/C32H50O4/c33-31(15-11-7-3-1-5-9-13-27-17-18-27)35-25-29-21-23-30(24-22-29)26-36-32(34)16-12-8-4-2-6-10-14-28-19-20-28/h21-24,27-28H,1-20,25-26H2. The van der Waals surface area contributed by atoms with Gasteiger partial charge in [0.25, 0.3) is 0 Å². The minimum atomic E-state index is -0.111. The van der Waals surface area contributed by atoms with Crippen molar-refractivity contribution in [3.63, 3.8) is 0 Å². The Labute approximate surface area is 219 Å². The molecule has 0 unspecified atom stereocenters. The van der Waals surface area contributed by atoms with Gasteiger partial charge in [-0.1, -0.05) is 127 Å². The lowest BCUT2D eigenvalue weighted by atomic mass is 10.1. The summed E-state index contributed by atoms with van der Waals surface area (Å²) in [6.07, 6.45) is 24.3. The van der Waals surface area contributed by atoms with Gasteiger partial charge in [-0.05, 0) is 35.8 Å². The third-order valence-electron chi connectivity index (χ3n) is 7.70. The Hall–Kier alpha value is -1.84. The maximum Gasteiger partial charge on any atom is 0.306 e. The van der Waals surface area contributed by atoms with Gasteiger partial charge in [-0.2, -0.15) is 0 Å². The molecular formula is C32H50O4. The highest BCUT2D eigenvalue weighted by atomic mass is 16.5. The van der Waals surface area contributed by atoms with Crippen LogP contribution >= 0.6 is 0 Å². The summed E-state index contributed by atoms with van der Waals surface area (Å²) >= 11 is 0. The molecule has 4 nitrogen and oxygen atoms in total. The summed E-state index contributed by atoms with van der Waals surface area (Å²) in [5.41, 5.74) is 1.93. The number of rotatable bonds is 22. The summed E-state index contributed by atoms with van der Waals surface area (Å²) in [6, 6.07) is 7.78. The molecule has 0 N–H and O–H groups in total. The van der Waals surface area contributed by atoms with Crippen LogP contribution in [0.25, 0.3) is 0 Å². The predicted molar refractivity (Wildman–Crippen MR) is 145 cm³/mol. The molecule has 0 radical (unpaired) electrons. The SMILES string of the molecule is O=C(CCCCCCCCC1CC1)OCc1ccc(COC(=O)CCCCCCCCC2CC2)cc1. The Kier molecular flexibility index (Phi) is 14.0. The van der Waals surface area contributed by atoms with E-state index in [1.807, 2.05) is 24.3 Å². The van der Waals surface area contributed by atoms with Crippen LogP contribution in [0.3, 0.4) is 0 Å². The molecule has 36 heavy (non-hydrogen) atoms. The summed E-state index contributed by atoms with van der Waals surface area (Å²) in [5, 5.41) is 0. The van der Waals surface area contributed by atoms with E-state index in [0.29, 0.717) is 26.1 Å². The van der Waals surface area contributed by atoms with Gasteiger partial charge in [-0.3, -0.25) is 9.59 Å². The second kappa shape index (κ2) is 17.6. The minimum absolute atomic E-state index is 0.111. The van der Waals surface area contributed by atoms with E-state index in [2.05, 4.69) is 0 Å². The highest BCUT2D eigenvalue weighted by Crippen LogP contribution is 2.34. The van der Waals surface area contributed by atoms with Crippen molar-refractivity contribution in [2.24, 2.45) is 11.8 Å². The molecule has 0 bridgehead atoms. The zero-order valence-electron chi connectivity index (χ0n) is 22.7. The van der Waals surface area contributed by atoms with Crippen LogP contribution < -0.4 is 0 Å². The van der Waals surface area contributed by atoms with E-state index >= 15 is 0 Å². The van der Waals surface area contributed by atoms with Crippen LogP contribution in [0, 0.1) is 11.8 Å². The van der Waals surface area contributed by atoms with Crippen molar-refractivity contribution in [3.8, 4) is 0 Å². The van der Waals surface area contributed by atoms with E-state index in [-0.39, 0.29) is 11.9 Å². The predicted octanol–water partition coefficient (Wildman–Crippen LogP) is 8.83. The van der Waals surface area contributed by atoms with Crippen LogP contribution in [-0.2, 0) is 32.3 Å². The zero-order valence-corrected chi connectivity index (χ0v) is 22.7. The van der Waals surface area contributed by atoms with Crippen LogP contribution in [0.15, 0.2) is 24.3 Å². The van der Waals surface area contributed by atoms with Gasteiger partial charge < -0.3 is 9.47 Å². The average Bonchev–Trinajstić information content (AvgIpc) is 3.81. The average molecular weight is 499 g/mol. The van der Waals surface area contributed by atoms with E-state index in [1.54, 1.807) is 0 Å². The van der Waals surface area contributed by atoms with Crippen molar-refractivity contribution in [2.75, 3.05) is 0 Å². The molecule has 0 heterocycles. The fraction of sp³-hybridized carbons (Fsp3) is 0.750. The maximum absolute atomic E-state index is 12.0. The second-order valence-corrected chi connectivity index (χ2v) is 11.3. The van der Waals surface area contributed by atoms with Crippen LogP contribution in [0.4, 0.5) is 0 Å². The summed E-state index contributed by atoms with van der Waals surface area (Å²) in [4.78, 5) is 24.0. The first-order chi connectivity index (χ1) is 17.7. The van der Waals surface area contributed by atoms with E-state index in [1.165, 1.54) is 89.9 Å². The Balaban J connectivity index is 1.11. The molecular weight excluding hydrogens is 448 g/mol. The lowest BCUT2D eigenvalue weighted by Crippen LogP contribution is -2.05. The molecule has 0 amide bonds. The third kappa shape index (κ3) is 14.7. The number of benzene rings is 1. The van der Waals surface area contributed by atoms with Crippen LogP contribution in [0.2, 0.25) is 0 Å². The smallest absolute Gasteiger partial charge is 0.306 e. The monoisotopic (exact) mass is 498 g/mol. The van der Waals surface area contributed by atoms with Gasteiger partial charge in [-0.25, -0.2) is 0 Å². The second-order valence-electron chi connectivity index (χ2n) is 11.3. The third-order valence-corrected chi connectivity index (χ3v) is 7.70. The molecule has 3 rings (SSSR count). The Morgan fingerprint density at radius 2 is 0.861 bits per heavy atom. The van der Waals surface area contributed by atoms with Gasteiger partial charge in [-0.15, -0.1) is 0 Å². The molecule has 2 fully saturated rings. The summed E-state index contributed by atoms with van der Waals surface area (Å²) in [7, 11) is 0. The summed E-state index contributed by atoms with van der Waals surface area (Å²) in [5.74, 6) is 1.88. The van der Waals surface area contributed by atoms with Gasteiger partial charge >= 0.3 is 11.9 Å². The first-order valence-electron chi connectivity index (χ1n) is 15.1. The van der Waals surface area contributed by atoms with E-state index in [0.717, 1.165) is 48.6 Å². The fourth-order valence-electron chi connectivity index (χ4n) is 4.84. The van der Waals surface area contributed by atoms with Crippen molar-refractivity contribution in [1.29, 1.82) is 0 Å². The van der Waals surface area contributed by atoms with Crippen molar-refractivity contribution in [1.82, 2.24) is 0 Å². The van der Waals surface area contributed by atoms with Gasteiger partial charge in [0.15, 0.2) is 0 Å². The van der Waals surface area contributed by atoms with Gasteiger partial charge in [0.05, 0.1) is 0 Å². The van der Waals surface area contributed by atoms with E-state index in [9.17, 15) is 9.59 Å². The van der Waals surface area contributed by atoms with Crippen molar-refractivity contribution < 1.29 is 19.1 Å². The molecule has 1 aromatic carbocycles. The highest BCUT2D eigenvalue weighted by molar-refractivity contribution is 5.69. The van der Waals surface area contributed by atoms with E-state index < -0.39 is 0 Å². The molecule has 2 saturated carbocycles. The molecule has 0 saturated heterocycles. The summed E-state index contributed by atoms with van der Waals surface area (Å²) < 4.78 is 10.8. The number of hydrogen-bond acceptors (Lipinski definition) is 4. The minimum Gasteiger partial charge on any atom is -0.461 e. The number of esters is 2. The number of unbranched alkanes of at least 4 members (excludes halogenated alkanes) is 10. The number of carbonyl (C=O) groups is 2. The number of carbonyl (C=O) groups excluding carboxylic acids is 2. The Bertz CT molecular complexity index is 670. The topological polar surface area (TPSA) is 52.6 Å². The molecule has 202 valence electrons. The lowest BCUT2D eigenvalue weighted by Gasteiger charge is -2.08. The largest absolute Gasteiger partial charge is 0.461 e. The quantitative estimate of drug-likeness (QED) is 0.118. The zero-order chi connectivity index (χ0) is 25.3. The molecule has 2 aliphatic carbocycles. The van der Waals surface area contributed by atoms with Gasteiger partial charge in [0.1, 0.15) is 13.2 Å². The lowest BCUT2D eigenvalue weighted by molar-refractivity contribution is -0.146. The van der Waals surface area contributed by atoms with Crippen molar-refractivity contribution >= 4 is 11.9 Å². The number of hydrogen-bond donors (Lipinski definition) is 0. The molecule has 0 aliphatic heterocycles. The first-order valence-corrected chi connectivity index (χ1v) is 15.1. The Morgan fingerprint density at radius 1 is 0.528 bits per heavy atom. The van der Waals surface area contributed by atoms with E-state index in [4.69, 9.17) is 9.47 Å². The highest BCUT2D eigenvalue weighted by Gasteiger charge is 2.20.